The molecule has 16 heavy (non-hydrogen) atoms. The number of hydrogen-bond donors (Lipinski definition) is 1. The van der Waals surface area contributed by atoms with Crippen LogP contribution in [0.3, 0.4) is 0 Å². The Bertz CT molecular complexity index is 472. The lowest BCUT2D eigenvalue weighted by Crippen LogP contribution is -2.19. The zero-order chi connectivity index (χ0) is 12.3. The van der Waals surface area contributed by atoms with Gasteiger partial charge in [0, 0.05) is 6.20 Å². The molecule has 0 atom stereocenters. The summed E-state index contributed by atoms with van der Waals surface area (Å²) in [6.07, 6.45) is 1.79. The average molecular weight is 263 g/mol. The maximum absolute atomic E-state index is 11.6. The minimum Gasteiger partial charge on any atom is -0.383 e. The number of nitrogens with two attached hydrogens (primary N) is 1. The third-order valence-electron chi connectivity index (χ3n) is 2.34. The minimum absolute atomic E-state index is 0.0664. The highest BCUT2D eigenvalue weighted by molar-refractivity contribution is 7.91. The van der Waals surface area contributed by atoms with Crippen molar-refractivity contribution in [1.29, 1.82) is 0 Å². The van der Waals surface area contributed by atoms with Gasteiger partial charge in [0.25, 0.3) is 0 Å². The van der Waals surface area contributed by atoms with E-state index < -0.39 is 9.84 Å². The summed E-state index contributed by atoms with van der Waals surface area (Å²) in [5.74, 6) is 0.403. The normalized spacial score (nSPS) is 12.0. The van der Waals surface area contributed by atoms with Gasteiger partial charge >= 0.3 is 0 Å². The van der Waals surface area contributed by atoms with Crippen LogP contribution in [-0.2, 0) is 16.3 Å². The second kappa shape index (κ2) is 5.01. The van der Waals surface area contributed by atoms with Crippen LogP contribution in [0.1, 0.15) is 19.4 Å². The van der Waals surface area contributed by atoms with Crippen LogP contribution < -0.4 is 5.73 Å². The molecule has 1 heterocycles. The first-order chi connectivity index (χ1) is 7.33. The van der Waals surface area contributed by atoms with Crippen LogP contribution >= 0.6 is 11.6 Å². The van der Waals surface area contributed by atoms with Crippen molar-refractivity contribution in [3.63, 3.8) is 0 Å². The largest absolute Gasteiger partial charge is 0.383 e. The van der Waals surface area contributed by atoms with E-state index in [0.717, 1.165) is 0 Å². The minimum atomic E-state index is -3.05. The predicted molar refractivity (Wildman–Crippen MR) is 66.3 cm³/mol. The Balaban J connectivity index is 2.79. The second-order valence-electron chi connectivity index (χ2n) is 3.86. The highest BCUT2D eigenvalue weighted by Crippen LogP contribution is 2.16. The smallest absolute Gasteiger partial charge is 0.152 e. The Hall–Kier alpha value is -0.810. The molecule has 90 valence electrons. The van der Waals surface area contributed by atoms with E-state index >= 15 is 0 Å². The lowest BCUT2D eigenvalue weighted by atomic mass is 10.2. The molecule has 0 spiro atoms. The molecule has 6 heteroatoms. The fourth-order valence-electron chi connectivity index (χ4n) is 1.18. The molecule has 4 nitrogen and oxygen atoms in total. The summed E-state index contributed by atoms with van der Waals surface area (Å²) in [4.78, 5) is 3.88. The topological polar surface area (TPSA) is 73.0 Å². The van der Waals surface area contributed by atoms with Crippen LogP contribution in [0, 0.1) is 0 Å². The van der Waals surface area contributed by atoms with Crippen molar-refractivity contribution in [3.8, 4) is 0 Å². The lowest BCUT2D eigenvalue weighted by Gasteiger charge is -2.08. The third kappa shape index (κ3) is 3.35. The predicted octanol–water partition coefficient (Wildman–Crippen LogP) is 1.68. The van der Waals surface area contributed by atoms with Crippen molar-refractivity contribution in [2.45, 2.75) is 25.5 Å². The quantitative estimate of drug-likeness (QED) is 0.896. The van der Waals surface area contributed by atoms with Gasteiger partial charge in [-0.05, 0) is 31.9 Å². The molecule has 0 saturated heterocycles. The van der Waals surface area contributed by atoms with E-state index in [1.807, 2.05) is 0 Å². The standard InChI is InChI=1S/C10H15ClN2O2S/c1-7(2)16(14,15)4-3-8-5-9(11)6-13-10(8)12/h5-7H,3-4H2,1-2H3,(H2,12,13). The fourth-order valence-corrected chi connectivity index (χ4v) is 2.34. The van der Waals surface area contributed by atoms with Gasteiger partial charge in [-0.25, -0.2) is 13.4 Å². The van der Waals surface area contributed by atoms with Crippen LogP contribution in [0.15, 0.2) is 12.3 Å². The first kappa shape index (κ1) is 13.3. The second-order valence-corrected chi connectivity index (χ2v) is 6.98. The summed E-state index contributed by atoms with van der Waals surface area (Å²) in [6.45, 7) is 3.32. The number of hydrogen-bond acceptors (Lipinski definition) is 4. The van der Waals surface area contributed by atoms with E-state index in [4.69, 9.17) is 17.3 Å². The Morgan fingerprint density at radius 2 is 2.12 bits per heavy atom. The van der Waals surface area contributed by atoms with Gasteiger partial charge in [0.2, 0.25) is 0 Å². The van der Waals surface area contributed by atoms with Crippen molar-refractivity contribution in [3.05, 3.63) is 22.8 Å². The molecule has 0 saturated carbocycles. The first-order valence-corrected chi connectivity index (χ1v) is 7.03. The van der Waals surface area contributed by atoms with E-state index in [1.54, 1.807) is 19.9 Å². The van der Waals surface area contributed by atoms with Crippen molar-refractivity contribution in [2.75, 3.05) is 11.5 Å². The zero-order valence-corrected chi connectivity index (χ0v) is 10.8. The van der Waals surface area contributed by atoms with Gasteiger partial charge in [-0.1, -0.05) is 11.6 Å². The molecule has 0 aliphatic heterocycles. The van der Waals surface area contributed by atoms with E-state index in [1.165, 1.54) is 6.20 Å². The molecule has 2 N–H and O–H groups in total. The van der Waals surface area contributed by atoms with Gasteiger partial charge in [-0.15, -0.1) is 0 Å². The number of halogens is 1. The van der Waals surface area contributed by atoms with E-state index in [2.05, 4.69) is 4.98 Å². The number of nitrogen functional groups attached to an aromatic ring is 1. The maximum atomic E-state index is 11.6. The molecule has 0 aliphatic rings. The molecular weight excluding hydrogens is 248 g/mol. The van der Waals surface area contributed by atoms with Gasteiger partial charge < -0.3 is 5.73 Å². The van der Waals surface area contributed by atoms with Crippen LogP contribution in [0.5, 0.6) is 0 Å². The van der Waals surface area contributed by atoms with E-state index in [9.17, 15) is 8.42 Å². The molecule has 0 unspecified atom stereocenters. The van der Waals surface area contributed by atoms with Crippen LogP contribution in [-0.4, -0.2) is 24.4 Å². The molecule has 0 aromatic carbocycles. The summed E-state index contributed by atoms with van der Waals surface area (Å²) >= 11 is 5.76. The molecule has 1 aromatic rings. The van der Waals surface area contributed by atoms with Gasteiger partial charge in [0.15, 0.2) is 9.84 Å². The van der Waals surface area contributed by atoms with Gasteiger partial charge in [0.1, 0.15) is 5.82 Å². The SMILES string of the molecule is CC(C)S(=O)(=O)CCc1cc(Cl)cnc1N. The van der Waals surface area contributed by atoms with Crippen molar-refractivity contribution >= 4 is 27.3 Å². The number of sulfone groups is 1. The molecule has 0 aliphatic carbocycles. The first-order valence-electron chi connectivity index (χ1n) is 4.94. The number of rotatable bonds is 4. The Kier molecular flexibility index (Phi) is 4.15. The highest BCUT2D eigenvalue weighted by Gasteiger charge is 2.16. The molecule has 0 bridgehead atoms. The summed E-state index contributed by atoms with van der Waals surface area (Å²) < 4.78 is 23.2. The summed E-state index contributed by atoms with van der Waals surface area (Å²) in [7, 11) is -3.05. The Morgan fingerprint density at radius 3 is 2.69 bits per heavy atom. The van der Waals surface area contributed by atoms with Crippen LogP contribution in [0.4, 0.5) is 5.82 Å². The number of pyridine rings is 1. The fraction of sp³-hybridized carbons (Fsp3) is 0.500. The van der Waals surface area contributed by atoms with E-state index in [0.29, 0.717) is 22.8 Å². The average Bonchev–Trinajstić information content (AvgIpc) is 2.19. The Morgan fingerprint density at radius 1 is 1.50 bits per heavy atom. The molecule has 1 rings (SSSR count). The molecule has 0 fully saturated rings. The van der Waals surface area contributed by atoms with Gasteiger partial charge in [0.05, 0.1) is 16.0 Å². The summed E-state index contributed by atoms with van der Waals surface area (Å²) in [5.41, 5.74) is 6.31. The van der Waals surface area contributed by atoms with Crippen LogP contribution in [0.25, 0.3) is 0 Å². The number of aromatic nitrogens is 1. The van der Waals surface area contributed by atoms with Gasteiger partial charge in [-0.2, -0.15) is 0 Å². The van der Waals surface area contributed by atoms with Crippen molar-refractivity contribution < 1.29 is 8.42 Å². The monoisotopic (exact) mass is 262 g/mol. The Labute approximate surface area is 101 Å². The van der Waals surface area contributed by atoms with Crippen LogP contribution in [0.2, 0.25) is 5.02 Å². The zero-order valence-electron chi connectivity index (χ0n) is 9.27. The maximum Gasteiger partial charge on any atom is 0.152 e. The molecule has 0 amide bonds. The van der Waals surface area contributed by atoms with Crippen molar-refractivity contribution in [1.82, 2.24) is 4.98 Å². The number of anilines is 1. The molecule has 1 aromatic heterocycles. The molecule has 0 radical (unpaired) electrons. The van der Waals surface area contributed by atoms with E-state index in [-0.39, 0.29) is 11.0 Å². The number of aryl methyl sites for hydroxylation is 1. The van der Waals surface area contributed by atoms with Crippen molar-refractivity contribution in [2.24, 2.45) is 0 Å². The highest BCUT2D eigenvalue weighted by atomic mass is 35.5. The third-order valence-corrected chi connectivity index (χ3v) is 4.76. The summed E-state index contributed by atoms with van der Waals surface area (Å²) in [6, 6.07) is 1.65. The lowest BCUT2D eigenvalue weighted by molar-refractivity contribution is 0.586. The van der Waals surface area contributed by atoms with Gasteiger partial charge in [-0.3, -0.25) is 0 Å². The summed E-state index contributed by atoms with van der Waals surface area (Å²) in [5, 5.41) is 0.0898. The molecular formula is C10H15ClN2O2S. The number of nitrogens with zero attached hydrogens (tertiary/aromatic N) is 1.